The Morgan fingerprint density at radius 3 is 2.53 bits per heavy atom. The van der Waals surface area contributed by atoms with Crippen LogP contribution in [0.5, 0.6) is 0 Å². The van der Waals surface area contributed by atoms with Gasteiger partial charge in [-0.2, -0.15) is 0 Å². The van der Waals surface area contributed by atoms with Gasteiger partial charge in [0.05, 0.1) is 0 Å². The van der Waals surface area contributed by atoms with Gasteiger partial charge < -0.3 is 15.4 Å². The molecule has 1 aliphatic heterocycles. The lowest BCUT2D eigenvalue weighted by Crippen LogP contribution is -2.53. The van der Waals surface area contributed by atoms with Crippen molar-refractivity contribution < 1.29 is 4.74 Å². The number of benzene rings is 1. The summed E-state index contributed by atoms with van der Waals surface area (Å²) in [6, 6.07) is 10.6. The zero-order valence-corrected chi connectivity index (χ0v) is 12.0. The van der Waals surface area contributed by atoms with Crippen molar-refractivity contribution in [3.63, 3.8) is 0 Å². The van der Waals surface area contributed by atoms with Crippen molar-refractivity contribution >= 4 is 5.69 Å². The minimum absolute atomic E-state index is 0.0954. The SMILES string of the molecule is CCCCN(CC1(N)CCOCC1)c1ccccc1. The largest absolute Gasteiger partial charge is 0.381 e. The van der Waals surface area contributed by atoms with Crippen LogP contribution in [-0.2, 0) is 4.74 Å². The van der Waals surface area contributed by atoms with Gasteiger partial charge in [0.25, 0.3) is 0 Å². The molecule has 1 aliphatic rings. The fourth-order valence-corrected chi connectivity index (χ4v) is 2.60. The molecule has 106 valence electrons. The molecule has 1 heterocycles. The summed E-state index contributed by atoms with van der Waals surface area (Å²) in [6.45, 7) is 5.84. The predicted molar refractivity (Wildman–Crippen MR) is 80.5 cm³/mol. The van der Waals surface area contributed by atoms with E-state index in [1.165, 1.54) is 18.5 Å². The Bertz CT molecular complexity index is 360. The van der Waals surface area contributed by atoms with Crippen molar-refractivity contribution in [1.82, 2.24) is 0 Å². The first kappa shape index (κ1) is 14.4. The second-order valence-corrected chi connectivity index (χ2v) is 5.59. The third-order valence-electron chi connectivity index (χ3n) is 3.90. The van der Waals surface area contributed by atoms with Crippen LogP contribution in [0.15, 0.2) is 30.3 Å². The van der Waals surface area contributed by atoms with E-state index in [9.17, 15) is 0 Å². The minimum Gasteiger partial charge on any atom is -0.381 e. The fraction of sp³-hybridized carbons (Fsp3) is 0.625. The van der Waals surface area contributed by atoms with Crippen molar-refractivity contribution in [1.29, 1.82) is 0 Å². The van der Waals surface area contributed by atoms with Crippen molar-refractivity contribution in [2.45, 2.75) is 38.1 Å². The lowest BCUT2D eigenvalue weighted by molar-refractivity contribution is 0.0554. The summed E-state index contributed by atoms with van der Waals surface area (Å²) < 4.78 is 5.43. The standard InChI is InChI=1S/C16H26N2O/c1-2-3-11-18(15-7-5-4-6-8-15)14-16(17)9-12-19-13-10-16/h4-8H,2-3,9-14,17H2,1H3. The van der Waals surface area contributed by atoms with Gasteiger partial charge in [0.1, 0.15) is 0 Å². The van der Waals surface area contributed by atoms with Crippen LogP contribution in [0.4, 0.5) is 5.69 Å². The number of nitrogens with zero attached hydrogens (tertiary/aromatic N) is 1. The maximum atomic E-state index is 6.55. The van der Waals surface area contributed by atoms with Gasteiger partial charge in [-0.15, -0.1) is 0 Å². The Morgan fingerprint density at radius 2 is 1.89 bits per heavy atom. The van der Waals surface area contributed by atoms with Crippen LogP contribution in [-0.4, -0.2) is 31.8 Å². The topological polar surface area (TPSA) is 38.5 Å². The second kappa shape index (κ2) is 6.92. The summed E-state index contributed by atoms with van der Waals surface area (Å²) in [5.74, 6) is 0. The number of hydrogen-bond acceptors (Lipinski definition) is 3. The van der Waals surface area contributed by atoms with Gasteiger partial charge in [0.2, 0.25) is 0 Å². The number of anilines is 1. The van der Waals surface area contributed by atoms with E-state index in [-0.39, 0.29) is 5.54 Å². The van der Waals surface area contributed by atoms with Crippen LogP contribution in [0.3, 0.4) is 0 Å². The number of unbranched alkanes of at least 4 members (excludes halogenated alkanes) is 1. The molecule has 3 heteroatoms. The molecule has 0 saturated carbocycles. The maximum Gasteiger partial charge on any atom is 0.0484 e. The van der Waals surface area contributed by atoms with Crippen LogP contribution in [0.1, 0.15) is 32.6 Å². The molecule has 1 saturated heterocycles. The lowest BCUT2D eigenvalue weighted by atomic mass is 9.90. The van der Waals surface area contributed by atoms with Crippen LogP contribution in [0, 0.1) is 0 Å². The quantitative estimate of drug-likeness (QED) is 0.856. The Hall–Kier alpha value is -1.06. The summed E-state index contributed by atoms with van der Waals surface area (Å²) >= 11 is 0. The molecule has 0 amide bonds. The normalized spacial score (nSPS) is 18.2. The minimum atomic E-state index is -0.0954. The highest BCUT2D eigenvalue weighted by Gasteiger charge is 2.30. The van der Waals surface area contributed by atoms with Crippen molar-refractivity contribution in [2.75, 3.05) is 31.2 Å². The van der Waals surface area contributed by atoms with Gasteiger partial charge in [0.15, 0.2) is 0 Å². The van der Waals surface area contributed by atoms with Gasteiger partial charge in [-0.05, 0) is 31.4 Å². The van der Waals surface area contributed by atoms with Crippen LogP contribution in [0.2, 0.25) is 0 Å². The maximum absolute atomic E-state index is 6.55. The molecule has 2 N–H and O–H groups in total. The van der Waals surface area contributed by atoms with E-state index in [4.69, 9.17) is 10.5 Å². The molecular weight excluding hydrogens is 236 g/mol. The summed E-state index contributed by atoms with van der Waals surface area (Å²) in [5, 5.41) is 0. The summed E-state index contributed by atoms with van der Waals surface area (Å²) in [6.07, 6.45) is 4.34. The highest BCUT2D eigenvalue weighted by atomic mass is 16.5. The van der Waals surface area contributed by atoms with Gasteiger partial charge in [-0.3, -0.25) is 0 Å². The van der Waals surface area contributed by atoms with Crippen molar-refractivity contribution in [3.05, 3.63) is 30.3 Å². The Balaban J connectivity index is 2.05. The van der Waals surface area contributed by atoms with E-state index in [0.717, 1.165) is 39.1 Å². The molecule has 1 aromatic carbocycles. The zero-order valence-electron chi connectivity index (χ0n) is 12.0. The van der Waals surface area contributed by atoms with E-state index in [1.807, 2.05) is 0 Å². The monoisotopic (exact) mass is 262 g/mol. The molecule has 0 radical (unpaired) electrons. The first-order valence-corrected chi connectivity index (χ1v) is 7.40. The molecule has 0 aliphatic carbocycles. The van der Waals surface area contributed by atoms with Gasteiger partial charge in [-0.1, -0.05) is 31.5 Å². The highest BCUT2D eigenvalue weighted by Crippen LogP contribution is 2.23. The van der Waals surface area contributed by atoms with Crippen LogP contribution in [0.25, 0.3) is 0 Å². The molecule has 2 rings (SSSR count). The Morgan fingerprint density at radius 1 is 1.21 bits per heavy atom. The molecule has 0 spiro atoms. The zero-order chi connectivity index (χ0) is 13.6. The van der Waals surface area contributed by atoms with Crippen molar-refractivity contribution in [3.8, 4) is 0 Å². The van der Waals surface area contributed by atoms with E-state index in [0.29, 0.717) is 0 Å². The third kappa shape index (κ3) is 4.22. The second-order valence-electron chi connectivity index (χ2n) is 5.59. The molecule has 0 aromatic heterocycles. The number of nitrogens with two attached hydrogens (primary N) is 1. The average Bonchev–Trinajstić information content (AvgIpc) is 2.45. The molecule has 1 fully saturated rings. The van der Waals surface area contributed by atoms with E-state index >= 15 is 0 Å². The molecule has 3 nitrogen and oxygen atoms in total. The Labute approximate surface area is 116 Å². The first-order chi connectivity index (χ1) is 9.23. The van der Waals surface area contributed by atoms with Gasteiger partial charge >= 0.3 is 0 Å². The van der Waals surface area contributed by atoms with Gasteiger partial charge in [0, 0.05) is 37.5 Å². The fourth-order valence-electron chi connectivity index (χ4n) is 2.60. The molecular formula is C16H26N2O. The van der Waals surface area contributed by atoms with Gasteiger partial charge in [-0.25, -0.2) is 0 Å². The molecule has 19 heavy (non-hydrogen) atoms. The highest BCUT2D eigenvalue weighted by molar-refractivity contribution is 5.46. The number of hydrogen-bond donors (Lipinski definition) is 1. The average molecular weight is 262 g/mol. The molecule has 1 aromatic rings. The summed E-state index contributed by atoms with van der Waals surface area (Å²) in [4.78, 5) is 2.44. The molecule has 0 atom stereocenters. The summed E-state index contributed by atoms with van der Waals surface area (Å²) in [5.41, 5.74) is 7.74. The third-order valence-corrected chi connectivity index (χ3v) is 3.90. The molecule has 0 bridgehead atoms. The molecule has 0 unspecified atom stereocenters. The van der Waals surface area contributed by atoms with E-state index in [2.05, 4.69) is 42.2 Å². The van der Waals surface area contributed by atoms with E-state index in [1.54, 1.807) is 0 Å². The number of ether oxygens (including phenoxy) is 1. The smallest absolute Gasteiger partial charge is 0.0484 e. The number of para-hydroxylation sites is 1. The lowest BCUT2D eigenvalue weighted by Gasteiger charge is -2.39. The number of rotatable bonds is 6. The Kier molecular flexibility index (Phi) is 5.23. The van der Waals surface area contributed by atoms with Crippen LogP contribution < -0.4 is 10.6 Å². The summed E-state index contributed by atoms with van der Waals surface area (Å²) in [7, 11) is 0. The predicted octanol–water partition coefficient (Wildman–Crippen LogP) is 2.80. The van der Waals surface area contributed by atoms with Crippen LogP contribution >= 0.6 is 0 Å². The van der Waals surface area contributed by atoms with Crippen molar-refractivity contribution in [2.24, 2.45) is 5.73 Å². The first-order valence-electron chi connectivity index (χ1n) is 7.40. The van der Waals surface area contributed by atoms with E-state index < -0.39 is 0 Å².